The van der Waals surface area contributed by atoms with Crippen molar-refractivity contribution in [3.63, 3.8) is 0 Å². The maximum atomic E-state index is 11.8. The minimum Gasteiger partial charge on any atom is -0.356 e. The van der Waals surface area contributed by atoms with Crippen LogP contribution in [-0.4, -0.2) is 5.91 Å². The van der Waals surface area contributed by atoms with Crippen LogP contribution in [0.5, 0.6) is 0 Å². The second-order valence-electron chi connectivity index (χ2n) is 5.38. The van der Waals surface area contributed by atoms with Crippen LogP contribution in [0.25, 0.3) is 0 Å². The third-order valence-corrected chi connectivity index (χ3v) is 3.66. The van der Waals surface area contributed by atoms with Gasteiger partial charge in [-0.15, -0.1) is 0 Å². The maximum absolute atomic E-state index is 11.8. The first kappa shape index (κ1) is 12.7. The molecular weight excluding hydrogens is 248 g/mol. The summed E-state index contributed by atoms with van der Waals surface area (Å²) in [6.07, 6.45) is 1.01. The number of nitrogens with one attached hydrogen (secondary N) is 2. The van der Waals surface area contributed by atoms with Gasteiger partial charge in [-0.1, -0.05) is 25.1 Å². The zero-order valence-corrected chi connectivity index (χ0v) is 11.5. The van der Waals surface area contributed by atoms with Gasteiger partial charge in [0.25, 0.3) is 0 Å². The van der Waals surface area contributed by atoms with E-state index < -0.39 is 0 Å². The van der Waals surface area contributed by atoms with Crippen molar-refractivity contribution in [3.05, 3.63) is 54.6 Å². The average Bonchev–Trinajstić information content (AvgIpc) is 3.19. The van der Waals surface area contributed by atoms with E-state index in [9.17, 15) is 4.79 Å². The van der Waals surface area contributed by atoms with Crippen LogP contribution in [0.4, 0.5) is 17.1 Å². The van der Waals surface area contributed by atoms with Crippen molar-refractivity contribution in [1.82, 2.24) is 0 Å². The fourth-order valence-corrected chi connectivity index (χ4v) is 2.25. The first-order valence-electron chi connectivity index (χ1n) is 6.95. The molecule has 1 fully saturated rings. The normalized spacial score (nSPS) is 20.2. The van der Waals surface area contributed by atoms with Crippen LogP contribution in [0, 0.1) is 11.8 Å². The Hall–Kier alpha value is -2.29. The second kappa shape index (κ2) is 5.37. The Morgan fingerprint density at radius 2 is 1.50 bits per heavy atom. The average molecular weight is 266 g/mol. The lowest BCUT2D eigenvalue weighted by molar-refractivity contribution is -0.117. The van der Waals surface area contributed by atoms with Crippen molar-refractivity contribution in [3.8, 4) is 0 Å². The summed E-state index contributed by atoms with van der Waals surface area (Å²) in [5.41, 5.74) is 2.91. The van der Waals surface area contributed by atoms with Gasteiger partial charge in [0, 0.05) is 23.0 Å². The highest BCUT2D eigenvalue weighted by Crippen LogP contribution is 2.38. The van der Waals surface area contributed by atoms with E-state index in [0.717, 1.165) is 23.5 Å². The molecule has 3 nitrogen and oxygen atoms in total. The van der Waals surface area contributed by atoms with Crippen molar-refractivity contribution < 1.29 is 4.79 Å². The van der Waals surface area contributed by atoms with E-state index in [1.165, 1.54) is 0 Å². The van der Waals surface area contributed by atoms with Crippen molar-refractivity contribution in [2.75, 3.05) is 10.6 Å². The number of carbonyl (C=O) groups is 1. The molecule has 0 aliphatic heterocycles. The van der Waals surface area contributed by atoms with Crippen LogP contribution >= 0.6 is 0 Å². The minimum absolute atomic E-state index is 0.140. The van der Waals surface area contributed by atoms with Crippen molar-refractivity contribution in [2.24, 2.45) is 11.8 Å². The SMILES string of the molecule is CC1CC1C(=O)Nc1ccc(Nc2ccccc2)cc1. The van der Waals surface area contributed by atoms with E-state index in [0.29, 0.717) is 5.92 Å². The van der Waals surface area contributed by atoms with Crippen LogP contribution in [0.2, 0.25) is 0 Å². The largest absolute Gasteiger partial charge is 0.356 e. The molecule has 0 aromatic heterocycles. The Bertz CT molecular complexity index is 592. The first-order chi connectivity index (χ1) is 9.72. The molecule has 2 aromatic rings. The lowest BCUT2D eigenvalue weighted by Gasteiger charge is -2.08. The summed E-state index contributed by atoms with van der Waals surface area (Å²) in [5, 5.41) is 6.27. The summed E-state index contributed by atoms with van der Waals surface area (Å²) >= 11 is 0. The highest BCUT2D eigenvalue weighted by Gasteiger charge is 2.38. The summed E-state index contributed by atoms with van der Waals surface area (Å²) in [7, 11) is 0. The van der Waals surface area contributed by atoms with E-state index in [2.05, 4.69) is 17.6 Å². The smallest absolute Gasteiger partial charge is 0.227 e. The van der Waals surface area contributed by atoms with E-state index in [4.69, 9.17) is 0 Å². The van der Waals surface area contributed by atoms with Gasteiger partial charge in [-0.3, -0.25) is 4.79 Å². The molecule has 102 valence electrons. The Balaban J connectivity index is 1.61. The van der Waals surface area contributed by atoms with Gasteiger partial charge in [-0.2, -0.15) is 0 Å². The molecule has 2 aromatic carbocycles. The quantitative estimate of drug-likeness (QED) is 0.877. The van der Waals surface area contributed by atoms with Gasteiger partial charge >= 0.3 is 0 Å². The van der Waals surface area contributed by atoms with E-state index in [1.807, 2.05) is 54.6 Å². The highest BCUT2D eigenvalue weighted by atomic mass is 16.2. The number of amides is 1. The Kier molecular flexibility index (Phi) is 3.42. The molecule has 3 rings (SSSR count). The van der Waals surface area contributed by atoms with Crippen LogP contribution in [0.15, 0.2) is 54.6 Å². The molecule has 3 heteroatoms. The molecule has 0 bridgehead atoms. The van der Waals surface area contributed by atoms with Gasteiger partial charge < -0.3 is 10.6 Å². The number of hydrogen-bond donors (Lipinski definition) is 2. The number of benzene rings is 2. The minimum atomic E-state index is 0.140. The fourth-order valence-electron chi connectivity index (χ4n) is 2.25. The molecule has 1 saturated carbocycles. The number of para-hydroxylation sites is 1. The van der Waals surface area contributed by atoms with Crippen molar-refractivity contribution >= 4 is 23.0 Å². The third-order valence-electron chi connectivity index (χ3n) is 3.66. The summed E-state index contributed by atoms with van der Waals surface area (Å²) in [5.74, 6) is 0.882. The lowest BCUT2D eigenvalue weighted by atomic mass is 10.2. The van der Waals surface area contributed by atoms with Gasteiger partial charge in [0.2, 0.25) is 5.91 Å². The molecule has 0 heterocycles. The Morgan fingerprint density at radius 1 is 0.950 bits per heavy atom. The molecule has 2 atom stereocenters. The summed E-state index contributed by atoms with van der Waals surface area (Å²) < 4.78 is 0. The van der Waals surface area contributed by atoms with Gasteiger partial charge in [0.1, 0.15) is 0 Å². The molecule has 2 N–H and O–H groups in total. The van der Waals surface area contributed by atoms with Crippen LogP contribution in [0.3, 0.4) is 0 Å². The molecule has 1 aliphatic rings. The summed E-state index contributed by atoms with van der Waals surface area (Å²) in [6.45, 7) is 2.11. The van der Waals surface area contributed by atoms with E-state index in [1.54, 1.807) is 0 Å². The maximum Gasteiger partial charge on any atom is 0.227 e. The molecule has 0 spiro atoms. The van der Waals surface area contributed by atoms with Crippen LogP contribution in [-0.2, 0) is 4.79 Å². The zero-order valence-electron chi connectivity index (χ0n) is 11.5. The predicted molar refractivity (Wildman–Crippen MR) is 82.1 cm³/mol. The number of rotatable bonds is 4. The van der Waals surface area contributed by atoms with Gasteiger partial charge in [-0.25, -0.2) is 0 Å². The number of hydrogen-bond acceptors (Lipinski definition) is 2. The highest BCUT2D eigenvalue weighted by molar-refractivity contribution is 5.94. The number of anilines is 3. The van der Waals surface area contributed by atoms with Gasteiger partial charge in [0.15, 0.2) is 0 Å². The summed E-state index contributed by atoms with van der Waals surface area (Å²) in [4.78, 5) is 11.8. The molecule has 20 heavy (non-hydrogen) atoms. The molecule has 2 unspecified atom stereocenters. The second-order valence-corrected chi connectivity index (χ2v) is 5.38. The van der Waals surface area contributed by atoms with Gasteiger partial charge in [0.05, 0.1) is 0 Å². The first-order valence-corrected chi connectivity index (χ1v) is 6.95. The van der Waals surface area contributed by atoms with Crippen LogP contribution in [0.1, 0.15) is 13.3 Å². The van der Waals surface area contributed by atoms with Gasteiger partial charge in [-0.05, 0) is 48.7 Å². The third kappa shape index (κ3) is 2.99. The Morgan fingerprint density at radius 3 is 2.10 bits per heavy atom. The van der Waals surface area contributed by atoms with Crippen molar-refractivity contribution in [2.45, 2.75) is 13.3 Å². The molecular formula is C17H18N2O. The molecule has 1 amide bonds. The van der Waals surface area contributed by atoms with Crippen LogP contribution < -0.4 is 10.6 Å². The molecule has 0 saturated heterocycles. The topological polar surface area (TPSA) is 41.1 Å². The predicted octanol–water partition coefficient (Wildman–Crippen LogP) is 4.02. The van der Waals surface area contributed by atoms with E-state index >= 15 is 0 Å². The zero-order chi connectivity index (χ0) is 13.9. The lowest BCUT2D eigenvalue weighted by Crippen LogP contribution is -2.14. The van der Waals surface area contributed by atoms with E-state index in [-0.39, 0.29) is 11.8 Å². The molecule has 0 radical (unpaired) electrons. The molecule has 1 aliphatic carbocycles. The Labute approximate surface area is 119 Å². The monoisotopic (exact) mass is 266 g/mol. The standard InChI is InChI=1S/C17H18N2O/c1-12-11-16(12)17(20)19-15-9-7-14(8-10-15)18-13-5-3-2-4-6-13/h2-10,12,16,18H,11H2,1H3,(H,19,20). The summed E-state index contributed by atoms with van der Waals surface area (Å²) in [6, 6.07) is 17.8. The number of carbonyl (C=O) groups excluding carboxylic acids is 1. The van der Waals surface area contributed by atoms with Crippen molar-refractivity contribution in [1.29, 1.82) is 0 Å². The fraction of sp³-hybridized carbons (Fsp3) is 0.235.